The van der Waals surface area contributed by atoms with E-state index in [1.165, 1.54) is 11.8 Å². The van der Waals surface area contributed by atoms with Crippen LogP contribution in [-0.2, 0) is 4.79 Å². The molecule has 4 heteroatoms. The van der Waals surface area contributed by atoms with Crippen LogP contribution in [0.1, 0.15) is 6.92 Å². The number of hydrogen-bond acceptors (Lipinski definition) is 3. The van der Waals surface area contributed by atoms with Crippen molar-refractivity contribution in [3.05, 3.63) is 0 Å². The Bertz CT molecular complexity index is 141. The van der Waals surface area contributed by atoms with Crippen molar-refractivity contribution < 1.29 is 4.79 Å². The minimum absolute atomic E-state index is 0.146. The molecule has 0 saturated carbocycles. The van der Waals surface area contributed by atoms with E-state index in [1.807, 2.05) is 6.92 Å². The zero-order valence-electron chi connectivity index (χ0n) is 5.09. The first-order chi connectivity index (χ1) is 4.25. The monoisotopic (exact) mass is 161 g/mol. The van der Waals surface area contributed by atoms with Crippen LogP contribution in [0.15, 0.2) is 0 Å². The first-order valence-electron chi connectivity index (χ1n) is 2.73. The van der Waals surface area contributed by atoms with Gasteiger partial charge in [-0.25, -0.2) is 0 Å². The molecule has 1 amide bonds. The maximum absolute atomic E-state index is 10.8. The van der Waals surface area contributed by atoms with Crippen molar-refractivity contribution in [2.24, 2.45) is 0 Å². The zero-order valence-corrected chi connectivity index (χ0v) is 6.72. The van der Waals surface area contributed by atoms with Gasteiger partial charge in [-0.05, 0) is 6.92 Å². The van der Waals surface area contributed by atoms with Crippen LogP contribution in [0.4, 0.5) is 0 Å². The van der Waals surface area contributed by atoms with E-state index in [0.29, 0.717) is 12.3 Å². The van der Waals surface area contributed by atoms with Crippen molar-refractivity contribution in [3.8, 4) is 0 Å². The maximum atomic E-state index is 10.8. The number of nitrogens with zero attached hydrogens (tertiary/aromatic N) is 1. The van der Waals surface area contributed by atoms with Crippen LogP contribution < -0.4 is 0 Å². The zero-order chi connectivity index (χ0) is 6.85. The summed E-state index contributed by atoms with van der Waals surface area (Å²) in [6, 6.07) is 0. The van der Waals surface area contributed by atoms with Crippen molar-refractivity contribution in [2.75, 3.05) is 12.3 Å². The average Bonchev–Trinajstić information content (AvgIpc) is 2.12. The van der Waals surface area contributed by atoms with Crippen molar-refractivity contribution in [1.82, 2.24) is 4.90 Å². The Kier molecular flexibility index (Phi) is 2.08. The summed E-state index contributed by atoms with van der Waals surface area (Å²) in [6.45, 7) is 2.64. The first-order valence-corrected chi connectivity index (χ1v) is 4.12. The molecule has 0 aromatic carbocycles. The second-order valence-electron chi connectivity index (χ2n) is 1.69. The van der Waals surface area contributed by atoms with Gasteiger partial charge < -0.3 is 0 Å². The highest BCUT2D eigenvalue weighted by Gasteiger charge is 2.24. The Labute approximate surface area is 63.6 Å². The number of thiocarbonyl (C=S) groups is 1. The van der Waals surface area contributed by atoms with Gasteiger partial charge in [0.1, 0.15) is 4.32 Å². The maximum Gasteiger partial charge on any atom is 0.238 e. The Morgan fingerprint density at radius 1 is 1.89 bits per heavy atom. The fraction of sp³-hybridized carbons (Fsp3) is 0.600. The number of carbonyl (C=O) groups is 1. The molecule has 1 rings (SSSR count). The van der Waals surface area contributed by atoms with E-state index in [9.17, 15) is 4.79 Å². The van der Waals surface area contributed by atoms with Gasteiger partial charge in [0.25, 0.3) is 0 Å². The van der Waals surface area contributed by atoms with Crippen LogP contribution in [-0.4, -0.2) is 27.4 Å². The molecule has 0 bridgehead atoms. The molecule has 9 heavy (non-hydrogen) atoms. The van der Waals surface area contributed by atoms with Crippen LogP contribution in [0.3, 0.4) is 0 Å². The second-order valence-corrected chi connectivity index (χ2v) is 3.30. The van der Waals surface area contributed by atoms with Crippen LogP contribution >= 0.6 is 24.0 Å². The lowest BCUT2D eigenvalue weighted by atomic mass is 10.6. The van der Waals surface area contributed by atoms with Gasteiger partial charge in [0, 0.05) is 6.54 Å². The van der Waals surface area contributed by atoms with Gasteiger partial charge in [0.15, 0.2) is 0 Å². The summed E-state index contributed by atoms with van der Waals surface area (Å²) in [5.41, 5.74) is 0. The molecule has 0 spiro atoms. The molecule has 0 aliphatic carbocycles. The van der Waals surface area contributed by atoms with Gasteiger partial charge in [0.05, 0.1) is 5.75 Å². The number of carbonyl (C=O) groups excluding carboxylic acids is 1. The van der Waals surface area contributed by atoms with E-state index in [1.54, 1.807) is 4.90 Å². The predicted octanol–water partition coefficient (Wildman–Crippen LogP) is 0.867. The molecule has 50 valence electrons. The summed E-state index contributed by atoms with van der Waals surface area (Å²) in [5.74, 6) is 0.680. The highest BCUT2D eigenvalue weighted by molar-refractivity contribution is 8.23. The van der Waals surface area contributed by atoms with Crippen LogP contribution in [0.5, 0.6) is 0 Å². The standard InChI is InChI=1S/C5H7NOS2/c1-2-6-4(7)3-9-5(6)8/h2-3H2,1H3. The molecule has 1 saturated heterocycles. The molecule has 2 nitrogen and oxygen atoms in total. The fourth-order valence-corrected chi connectivity index (χ4v) is 1.88. The van der Waals surface area contributed by atoms with E-state index in [4.69, 9.17) is 12.2 Å². The summed E-state index contributed by atoms with van der Waals surface area (Å²) >= 11 is 6.33. The number of hydrogen-bond donors (Lipinski definition) is 0. The van der Waals surface area contributed by atoms with Gasteiger partial charge in [-0.15, -0.1) is 0 Å². The predicted molar refractivity (Wildman–Crippen MR) is 42.4 cm³/mol. The molecule has 1 fully saturated rings. The highest BCUT2D eigenvalue weighted by atomic mass is 32.2. The third kappa shape index (κ3) is 1.24. The first kappa shape index (κ1) is 7.02. The lowest BCUT2D eigenvalue weighted by Crippen LogP contribution is -2.27. The normalized spacial score (nSPS) is 19.4. The molecule has 0 aromatic heterocycles. The summed E-state index contributed by atoms with van der Waals surface area (Å²) in [6.07, 6.45) is 0. The van der Waals surface area contributed by atoms with Crippen molar-refractivity contribution in [3.63, 3.8) is 0 Å². The molecule has 1 aliphatic rings. The van der Waals surface area contributed by atoms with Gasteiger partial charge in [-0.1, -0.05) is 24.0 Å². The summed E-state index contributed by atoms with van der Waals surface area (Å²) in [5, 5.41) is 0. The van der Waals surface area contributed by atoms with E-state index in [2.05, 4.69) is 0 Å². The van der Waals surface area contributed by atoms with E-state index < -0.39 is 0 Å². The molecular weight excluding hydrogens is 154 g/mol. The lowest BCUT2D eigenvalue weighted by Gasteiger charge is -2.09. The number of thioether (sulfide) groups is 1. The highest BCUT2D eigenvalue weighted by Crippen LogP contribution is 2.17. The third-order valence-electron chi connectivity index (χ3n) is 1.16. The van der Waals surface area contributed by atoms with Crippen LogP contribution in [0.25, 0.3) is 0 Å². The molecule has 1 heterocycles. The molecule has 0 aromatic rings. The van der Waals surface area contributed by atoms with Gasteiger partial charge in [0.2, 0.25) is 5.91 Å². The van der Waals surface area contributed by atoms with Gasteiger partial charge >= 0.3 is 0 Å². The molecular formula is C5H7NOS2. The van der Waals surface area contributed by atoms with Crippen molar-refractivity contribution >= 4 is 34.2 Å². The largest absolute Gasteiger partial charge is 0.297 e. The summed E-state index contributed by atoms with van der Waals surface area (Å²) in [4.78, 5) is 12.5. The van der Waals surface area contributed by atoms with E-state index >= 15 is 0 Å². The summed E-state index contributed by atoms with van der Waals surface area (Å²) in [7, 11) is 0. The molecule has 0 unspecified atom stereocenters. The number of amides is 1. The van der Waals surface area contributed by atoms with Crippen molar-refractivity contribution in [1.29, 1.82) is 0 Å². The number of rotatable bonds is 1. The van der Waals surface area contributed by atoms with E-state index in [-0.39, 0.29) is 5.91 Å². The van der Waals surface area contributed by atoms with Crippen LogP contribution in [0, 0.1) is 0 Å². The molecule has 0 atom stereocenters. The van der Waals surface area contributed by atoms with E-state index in [0.717, 1.165) is 4.32 Å². The third-order valence-corrected chi connectivity index (χ3v) is 2.59. The quantitative estimate of drug-likeness (QED) is 0.532. The Balaban J connectivity index is 2.66. The Morgan fingerprint density at radius 3 is 2.78 bits per heavy atom. The Hall–Kier alpha value is -0.0900. The molecule has 0 N–H and O–H groups in total. The summed E-state index contributed by atoms with van der Waals surface area (Å²) < 4.78 is 0.725. The Morgan fingerprint density at radius 2 is 2.56 bits per heavy atom. The SMILES string of the molecule is CCN1C(=O)CSC1=S. The topological polar surface area (TPSA) is 20.3 Å². The molecule has 0 radical (unpaired) electrons. The van der Waals surface area contributed by atoms with Gasteiger partial charge in [-0.2, -0.15) is 0 Å². The van der Waals surface area contributed by atoms with Crippen molar-refractivity contribution in [2.45, 2.75) is 6.92 Å². The average molecular weight is 161 g/mol. The minimum atomic E-state index is 0.146. The fourth-order valence-electron chi connectivity index (χ4n) is 0.687. The second kappa shape index (κ2) is 2.66. The molecule has 1 aliphatic heterocycles. The minimum Gasteiger partial charge on any atom is -0.297 e. The smallest absolute Gasteiger partial charge is 0.238 e. The van der Waals surface area contributed by atoms with Gasteiger partial charge in [-0.3, -0.25) is 9.69 Å². The lowest BCUT2D eigenvalue weighted by molar-refractivity contribution is -0.123. The van der Waals surface area contributed by atoms with Crippen LogP contribution in [0.2, 0.25) is 0 Å².